The molecular weight excluding hydrogens is 258 g/mol. The standard InChI is InChI=1S/C11H12BrNO2/c12-7-9-6-10(13-11(14)15-9)8-4-2-1-3-5-8/h1-5,9-10H,6-7H2,(H,13,14)/t9-,10+/m1/s1. The van der Waals surface area contributed by atoms with Crippen LogP contribution in [-0.4, -0.2) is 17.5 Å². The van der Waals surface area contributed by atoms with Gasteiger partial charge in [-0.05, 0) is 5.56 Å². The Bertz CT molecular complexity index is 342. The van der Waals surface area contributed by atoms with Crippen LogP contribution >= 0.6 is 15.9 Å². The summed E-state index contributed by atoms with van der Waals surface area (Å²) in [5.41, 5.74) is 1.13. The molecule has 15 heavy (non-hydrogen) atoms. The van der Waals surface area contributed by atoms with Crippen LogP contribution in [0.4, 0.5) is 4.79 Å². The first kappa shape index (κ1) is 10.5. The second kappa shape index (κ2) is 4.66. The number of alkyl carbamates (subject to hydrolysis) is 1. The minimum atomic E-state index is -0.334. The van der Waals surface area contributed by atoms with E-state index in [0.717, 1.165) is 12.0 Å². The van der Waals surface area contributed by atoms with Crippen molar-refractivity contribution in [2.75, 3.05) is 5.33 Å². The Morgan fingerprint density at radius 1 is 1.40 bits per heavy atom. The molecule has 1 heterocycles. The van der Waals surface area contributed by atoms with Gasteiger partial charge in [0, 0.05) is 11.8 Å². The van der Waals surface area contributed by atoms with E-state index in [1.165, 1.54) is 0 Å². The molecule has 1 aliphatic heterocycles. The Hall–Kier alpha value is -1.03. The number of carbonyl (C=O) groups is 1. The number of carbonyl (C=O) groups excluding carboxylic acids is 1. The van der Waals surface area contributed by atoms with Gasteiger partial charge >= 0.3 is 6.09 Å². The molecule has 4 heteroatoms. The van der Waals surface area contributed by atoms with Gasteiger partial charge < -0.3 is 10.1 Å². The summed E-state index contributed by atoms with van der Waals surface area (Å²) in [7, 11) is 0. The van der Waals surface area contributed by atoms with Crippen molar-refractivity contribution in [1.82, 2.24) is 5.32 Å². The molecule has 0 unspecified atom stereocenters. The van der Waals surface area contributed by atoms with E-state index in [2.05, 4.69) is 21.2 Å². The fraction of sp³-hybridized carbons (Fsp3) is 0.364. The lowest BCUT2D eigenvalue weighted by atomic mass is 10.0. The van der Waals surface area contributed by atoms with Gasteiger partial charge in [0.05, 0.1) is 6.04 Å². The first-order valence-corrected chi connectivity index (χ1v) is 6.00. The van der Waals surface area contributed by atoms with Gasteiger partial charge in [0.15, 0.2) is 0 Å². The highest BCUT2D eigenvalue weighted by molar-refractivity contribution is 9.09. The van der Waals surface area contributed by atoms with Gasteiger partial charge in [-0.2, -0.15) is 0 Å². The van der Waals surface area contributed by atoms with Crippen LogP contribution in [0.15, 0.2) is 30.3 Å². The first-order chi connectivity index (χ1) is 7.29. The lowest BCUT2D eigenvalue weighted by Gasteiger charge is -2.29. The summed E-state index contributed by atoms with van der Waals surface area (Å²) in [5.74, 6) is 0. The predicted molar refractivity (Wildman–Crippen MR) is 61.0 cm³/mol. The average molecular weight is 270 g/mol. The van der Waals surface area contributed by atoms with Gasteiger partial charge in [-0.1, -0.05) is 46.3 Å². The van der Waals surface area contributed by atoms with Crippen molar-refractivity contribution in [3.8, 4) is 0 Å². The molecule has 1 aliphatic rings. The van der Waals surface area contributed by atoms with E-state index in [-0.39, 0.29) is 18.2 Å². The van der Waals surface area contributed by atoms with Crippen LogP contribution in [0.1, 0.15) is 18.0 Å². The molecule has 1 aromatic carbocycles. The Labute approximate surface area is 96.9 Å². The SMILES string of the molecule is O=C1N[C@H](c2ccccc2)C[C@H](CBr)O1. The number of ether oxygens (including phenoxy) is 1. The second-order valence-electron chi connectivity index (χ2n) is 3.52. The van der Waals surface area contributed by atoms with Crippen molar-refractivity contribution in [2.24, 2.45) is 0 Å². The molecule has 2 atom stereocenters. The molecule has 3 nitrogen and oxygen atoms in total. The smallest absolute Gasteiger partial charge is 0.407 e. The van der Waals surface area contributed by atoms with Crippen LogP contribution in [0.5, 0.6) is 0 Å². The van der Waals surface area contributed by atoms with Crippen LogP contribution in [0.3, 0.4) is 0 Å². The number of amides is 1. The third kappa shape index (κ3) is 2.50. The maximum absolute atomic E-state index is 11.3. The largest absolute Gasteiger partial charge is 0.445 e. The molecule has 0 aliphatic carbocycles. The number of alkyl halides is 1. The van der Waals surface area contributed by atoms with E-state index < -0.39 is 0 Å². The molecule has 0 radical (unpaired) electrons. The van der Waals surface area contributed by atoms with Crippen LogP contribution in [-0.2, 0) is 4.74 Å². The van der Waals surface area contributed by atoms with Crippen molar-refractivity contribution < 1.29 is 9.53 Å². The van der Waals surface area contributed by atoms with E-state index in [9.17, 15) is 4.79 Å². The molecule has 0 spiro atoms. The molecule has 1 saturated heterocycles. The summed E-state index contributed by atoms with van der Waals surface area (Å²) < 4.78 is 5.09. The summed E-state index contributed by atoms with van der Waals surface area (Å²) >= 11 is 3.33. The number of hydrogen-bond acceptors (Lipinski definition) is 2. The molecule has 1 aromatic rings. The summed E-state index contributed by atoms with van der Waals surface area (Å²) in [6.45, 7) is 0. The third-order valence-electron chi connectivity index (χ3n) is 2.44. The van der Waals surface area contributed by atoms with Gasteiger partial charge in [-0.15, -0.1) is 0 Å². The Kier molecular flexibility index (Phi) is 3.26. The minimum Gasteiger partial charge on any atom is -0.445 e. The third-order valence-corrected chi connectivity index (χ3v) is 3.16. The molecule has 1 amide bonds. The summed E-state index contributed by atoms with van der Waals surface area (Å²) in [4.78, 5) is 11.3. The molecule has 0 aromatic heterocycles. The topological polar surface area (TPSA) is 38.3 Å². The maximum atomic E-state index is 11.3. The van der Waals surface area contributed by atoms with Gasteiger partial charge in [0.2, 0.25) is 0 Å². The van der Waals surface area contributed by atoms with Crippen LogP contribution in [0.2, 0.25) is 0 Å². The molecule has 1 fully saturated rings. The molecule has 1 N–H and O–H groups in total. The number of rotatable bonds is 2. The highest BCUT2D eigenvalue weighted by Gasteiger charge is 2.27. The fourth-order valence-electron chi connectivity index (χ4n) is 1.70. The highest BCUT2D eigenvalue weighted by Crippen LogP contribution is 2.24. The molecule has 80 valence electrons. The Morgan fingerprint density at radius 2 is 2.13 bits per heavy atom. The van der Waals surface area contributed by atoms with Gasteiger partial charge in [0.1, 0.15) is 6.10 Å². The van der Waals surface area contributed by atoms with Crippen molar-refractivity contribution in [3.05, 3.63) is 35.9 Å². The normalized spacial score (nSPS) is 25.5. The van der Waals surface area contributed by atoms with Crippen molar-refractivity contribution in [2.45, 2.75) is 18.6 Å². The fourth-order valence-corrected chi connectivity index (χ4v) is 2.09. The van der Waals surface area contributed by atoms with Crippen molar-refractivity contribution >= 4 is 22.0 Å². The zero-order chi connectivity index (χ0) is 10.7. The van der Waals surface area contributed by atoms with Gasteiger partial charge in [-0.3, -0.25) is 0 Å². The van der Waals surface area contributed by atoms with Gasteiger partial charge in [0.25, 0.3) is 0 Å². The van der Waals surface area contributed by atoms with E-state index >= 15 is 0 Å². The van der Waals surface area contributed by atoms with E-state index in [0.29, 0.717) is 5.33 Å². The molecular formula is C11H12BrNO2. The van der Waals surface area contributed by atoms with Crippen molar-refractivity contribution in [3.63, 3.8) is 0 Å². The highest BCUT2D eigenvalue weighted by atomic mass is 79.9. The van der Waals surface area contributed by atoms with E-state index in [1.807, 2.05) is 30.3 Å². The number of benzene rings is 1. The minimum absolute atomic E-state index is 0.0380. The number of nitrogens with one attached hydrogen (secondary N) is 1. The average Bonchev–Trinajstić information content (AvgIpc) is 2.29. The van der Waals surface area contributed by atoms with Crippen LogP contribution < -0.4 is 5.32 Å². The molecule has 0 saturated carbocycles. The van der Waals surface area contributed by atoms with Crippen molar-refractivity contribution in [1.29, 1.82) is 0 Å². The lowest BCUT2D eigenvalue weighted by molar-refractivity contribution is 0.0715. The van der Waals surface area contributed by atoms with E-state index in [4.69, 9.17) is 4.74 Å². The zero-order valence-corrected chi connectivity index (χ0v) is 9.74. The Morgan fingerprint density at radius 3 is 2.80 bits per heavy atom. The second-order valence-corrected chi connectivity index (χ2v) is 4.17. The van der Waals surface area contributed by atoms with E-state index in [1.54, 1.807) is 0 Å². The predicted octanol–water partition coefficient (Wildman–Crippen LogP) is 2.62. The summed E-state index contributed by atoms with van der Waals surface area (Å²) in [6, 6.07) is 10.0. The monoisotopic (exact) mass is 269 g/mol. The number of halogens is 1. The van der Waals surface area contributed by atoms with Crippen LogP contribution in [0, 0.1) is 0 Å². The first-order valence-electron chi connectivity index (χ1n) is 4.87. The quantitative estimate of drug-likeness (QED) is 0.839. The van der Waals surface area contributed by atoms with Gasteiger partial charge in [-0.25, -0.2) is 4.79 Å². The lowest BCUT2D eigenvalue weighted by Crippen LogP contribution is -2.41. The molecule has 2 rings (SSSR count). The summed E-state index contributed by atoms with van der Waals surface area (Å²) in [6.07, 6.45) is 0.435. The molecule has 0 bridgehead atoms. The Balaban J connectivity index is 2.12. The number of cyclic esters (lactones) is 1. The van der Waals surface area contributed by atoms with Crippen LogP contribution in [0.25, 0.3) is 0 Å². The number of hydrogen-bond donors (Lipinski definition) is 1. The summed E-state index contributed by atoms with van der Waals surface area (Å²) in [5, 5.41) is 3.50. The zero-order valence-electron chi connectivity index (χ0n) is 8.15. The maximum Gasteiger partial charge on any atom is 0.407 e.